The molecule has 0 aliphatic heterocycles. The van der Waals surface area contributed by atoms with Crippen molar-refractivity contribution in [3.8, 4) is 0 Å². The largest absolute Gasteiger partial charge is 0.404 e. The van der Waals surface area contributed by atoms with E-state index in [1.165, 1.54) is 12.5 Å². The lowest BCUT2D eigenvalue weighted by Gasteiger charge is -2.07. The summed E-state index contributed by atoms with van der Waals surface area (Å²) in [5, 5.41) is 0. The van der Waals surface area contributed by atoms with Gasteiger partial charge in [-0.3, -0.25) is 4.79 Å². The molecule has 16 heavy (non-hydrogen) atoms. The second-order valence-electron chi connectivity index (χ2n) is 3.24. The number of nitrogens with zero attached hydrogens (tertiary/aromatic N) is 2. The fourth-order valence-electron chi connectivity index (χ4n) is 1.22. The summed E-state index contributed by atoms with van der Waals surface area (Å²) < 4.78 is 1.03. The van der Waals surface area contributed by atoms with Crippen LogP contribution in [0.5, 0.6) is 0 Å². The van der Waals surface area contributed by atoms with Crippen LogP contribution in [0.3, 0.4) is 0 Å². The molecule has 0 bridgehead atoms. The molecule has 0 saturated carbocycles. The van der Waals surface area contributed by atoms with Gasteiger partial charge >= 0.3 is 5.56 Å². The molecule has 0 saturated heterocycles. The van der Waals surface area contributed by atoms with Crippen LogP contribution in [0, 0.1) is 0 Å². The zero-order chi connectivity index (χ0) is 11.4. The van der Waals surface area contributed by atoms with E-state index < -0.39 is 5.56 Å². The lowest BCUT2D eigenvalue weighted by atomic mass is 10.2. The first kappa shape index (κ1) is 10.2. The number of hydrogen-bond donors (Lipinski definition) is 1. The maximum atomic E-state index is 11.5. The molecular weight excluding hydrogens is 206 g/mol. The van der Waals surface area contributed by atoms with Gasteiger partial charge in [-0.05, 0) is 5.56 Å². The topological polar surface area (TPSA) is 70.1 Å². The highest BCUT2D eigenvalue weighted by Crippen LogP contribution is 1.98. The Labute approximate surface area is 92.1 Å². The zero-order valence-corrected chi connectivity index (χ0v) is 8.54. The van der Waals surface area contributed by atoms with Crippen LogP contribution in [0.25, 0.3) is 0 Å². The highest BCUT2D eigenvalue weighted by Gasteiger charge is 2.00. The van der Waals surface area contributed by atoms with Gasteiger partial charge < -0.3 is 10.6 Å². The molecule has 2 rings (SSSR count). The minimum absolute atomic E-state index is 0.0653. The molecular formula is C11H11N3O2. The van der Waals surface area contributed by atoms with Crippen molar-refractivity contribution >= 4 is 5.69 Å². The lowest BCUT2D eigenvalue weighted by Crippen LogP contribution is -2.28. The van der Waals surface area contributed by atoms with Gasteiger partial charge in [0.1, 0.15) is 18.6 Å². The summed E-state index contributed by atoms with van der Waals surface area (Å²) in [6, 6.07) is 9.53. The monoisotopic (exact) mass is 217 g/mol. The first-order valence-electron chi connectivity index (χ1n) is 4.77. The van der Waals surface area contributed by atoms with E-state index in [-0.39, 0.29) is 5.69 Å². The smallest absolute Gasteiger partial charge is 0.309 e. The Morgan fingerprint density at radius 1 is 1.31 bits per heavy atom. The van der Waals surface area contributed by atoms with Crippen LogP contribution in [0.4, 0.5) is 5.69 Å². The number of nitrogen functional groups attached to an aromatic ring is 1. The summed E-state index contributed by atoms with van der Waals surface area (Å²) in [5.74, 6) is 0. The summed E-state index contributed by atoms with van der Waals surface area (Å²) in [7, 11) is 0. The summed E-state index contributed by atoms with van der Waals surface area (Å²) in [5.41, 5.74) is 6.05. The fourth-order valence-corrected chi connectivity index (χ4v) is 1.22. The van der Waals surface area contributed by atoms with Gasteiger partial charge in [-0.1, -0.05) is 30.3 Å². The molecule has 0 atom stereocenters. The normalized spacial score (nSPS) is 10.0. The quantitative estimate of drug-likeness (QED) is 0.810. The molecule has 0 unspecified atom stereocenters. The average Bonchev–Trinajstić information content (AvgIpc) is 2.32. The molecule has 0 fully saturated rings. The molecule has 5 nitrogen and oxygen atoms in total. The molecule has 2 aromatic rings. The van der Waals surface area contributed by atoms with Crippen molar-refractivity contribution in [2.75, 3.05) is 5.73 Å². The van der Waals surface area contributed by atoms with Crippen molar-refractivity contribution in [2.24, 2.45) is 0 Å². The fraction of sp³-hybridized carbons (Fsp3) is 0.0909. The molecule has 82 valence electrons. The lowest BCUT2D eigenvalue weighted by molar-refractivity contribution is 0.0871. The number of anilines is 1. The van der Waals surface area contributed by atoms with Gasteiger partial charge in [0.2, 0.25) is 0 Å². The Balaban J connectivity index is 2.11. The van der Waals surface area contributed by atoms with Gasteiger partial charge in [-0.15, -0.1) is 4.73 Å². The average molecular weight is 217 g/mol. The van der Waals surface area contributed by atoms with Crippen molar-refractivity contribution in [2.45, 2.75) is 6.61 Å². The standard InChI is InChI=1S/C11H11N3O2/c12-10-6-13-8-14(11(10)15)16-7-9-4-2-1-3-5-9/h1-6,8H,7,12H2. The van der Waals surface area contributed by atoms with E-state index in [4.69, 9.17) is 10.6 Å². The molecule has 5 heteroatoms. The molecule has 1 heterocycles. The van der Waals surface area contributed by atoms with Crippen molar-refractivity contribution < 1.29 is 4.84 Å². The van der Waals surface area contributed by atoms with Crippen LogP contribution >= 0.6 is 0 Å². The van der Waals surface area contributed by atoms with Crippen LogP contribution in [-0.2, 0) is 6.61 Å². The van der Waals surface area contributed by atoms with Crippen LogP contribution < -0.4 is 16.1 Å². The summed E-state index contributed by atoms with van der Waals surface area (Å²) in [6.45, 7) is 0.297. The highest BCUT2D eigenvalue weighted by atomic mass is 16.7. The van der Waals surface area contributed by atoms with Crippen LogP contribution in [0.15, 0.2) is 47.7 Å². The van der Waals surface area contributed by atoms with Gasteiger partial charge in [0.15, 0.2) is 0 Å². The van der Waals surface area contributed by atoms with Gasteiger partial charge in [0.05, 0.1) is 6.20 Å². The van der Waals surface area contributed by atoms with Crippen molar-refractivity contribution in [3.63, 3.8) is 0 Å². The number of rotatable bonds is 3. The Kier molecular flexibility index (Phi) is 2.86. The zero-order valence-electron chi connectivity index (χ0n) is 8.54. The first-order valence-corrected chi connectivity index (χ1v) is 4.77. The molecule has 2 N–H and O–H groups in total. The molecule has 0 amide bonds. The van der Waals surface area contributed by atoms with E-state index in [9.17, 15) is 4.79 Å². The Morgan fingerprint density at radius 3 is 2.81 bits per heavy atom. The second kappa shape index (κ2) is 4.48. The molecule has 0 radical (unpaired) electrons. The minimum Gasteiger partial charge on any atom is -0.404 e. The molecule has 0 aliphatic rings. The highest BCUT2D eigenvalue weighted by molar-refractivity contribution is 5.29. The first-order chi connectivity index (χ1) is 7.77. The summed E-state index contributed by atoms with van der Waals surface area (Å²) in [6.07, 6.45) is 2.59. The van der Waals surface area contributed by atoms with Crippen LogP contribution in [0.2, 0.25) is 0 Å². The third kappa shape index (κ3) is 2.20. The van der Waals surface area contributed by atoms with Gasteiger partial charge in [-0.2, -0.15) is 0 Å². The third-order valence-corrected chi connectivity index (χ3v) is 2.05. The van der Waals surface area contributed by atoms with Crippen molar-refractivity contribution in [1.82, 2.24) is 9.71 Å². The van der Waals surface area contributed by atoms with Crippen molar-refractivity contribution in [1.29, 1.82) is 0 Å². The van der Waals surface area contributed by atoms with E-state index in [1.54, 1.807) is 0 Å². The number of aromatic nitrogens is 2. The predicted octanol–water partition coefficient (Wildman–Crippen LogP) is 0.454. The SMILES string of the molecule is Nc1cncn(OCc2ccccc2)c1=O. The van der Waals surface area contributed by atoms with Gasteiger partial charge in [0.25, 0.3) is 0 Å². The van der Waals surface area contributed by atoms with E-state index in [2.05, 4.69) is 4.98 Å². The number of benzene rings is 1. The Hall–Kier alpha value is -2.30. The van der Waals surface area contributed by atoms with E-state index in [1.807, 2.05) is 30.3 Å². The second-order valence-corrected chi connectivity index (χ2v) is 3.24. The third-order valence-electron chi connectivity index (χ3n) is 2.05. The van der Waals surface area contributed by atoms with Crippen LogP contribution in [-0.4, -0.2) is 9.71 Å². The number of hydrogen-bond acceptors (Lipinski definition) is 4. The minimum atomic E-state index is -0.397. The molecule has 0 aliphatic carbocycles. The van der Waals surface area contributed by atoms with Gasteiger partial charge in [-0.25, -0.2) is 4.98 Å². The summed E-state index contributed by atoms with van der Waals surface area (Å²) >= 11 is 0. The molecule has 1 aromatic carbocycles. The van der Waals surface area contributed by atoms with Crippen molar-refractivity contribution in [3.05, 3.63) is 58.8 Å². The maximum absolute atomic E-state index is 11.5. The maximum Gasteiger partial charge on any atom is 0.309 e. The number of nitrogens with two attached hydrogens (primary N) is 1. The predicted molar refractivity (Wildman–Crippen MR) is 59.6 cm³/mol. The molecule has 1 aromatic heterocycles. The summed E-state index contributed by atoms with van der Waals surface area (Å²) in [4.78, 5) is 20.5. The Morgan fingerprint density at radius 2 is 2.06 bits per heavy atom. The van der Waals surface area contributed by atoms with E-state index in [0.717, 1.165) is 10.3 Å². The van der Waals surface area contributed by atoms with E-state index >= 15 is 0 Å². The van der Waals surface area contributed by atoms with E-state index in [0.29, 0.717) is 6.61 Å². The molecule has 0 spiro atoms. The van der Waals surface area contributed by atoms with Crippen LogP contribution in [0.1, 0.15) is 5.56 Å². The van der Waals surface area contributed by atoms with Gasteiger partial charge in [0, 0.05) is 0 Å². The Bertz CT molecular complexity index is 522.